The van der Waals surface area contributed by atoms with E-state index in [0.29, 0.717) is 33.1 Å². The van der Waals surface area contributed by atoms with Crippen molar-refractivity contribution in [3.8, 4) is 11.1 Å². The number of nitrogens with one attached hydrogen (secondary N) is 2. The second-order valence-corrected chi connectivity index (χ2v) is 8.70. The zero-order chi connectivity index (χ0) is 24.4. The SMILES string of the molecule is N=C(N)c1ccc(CNC(=O)Cc2c(-c3cc(N)cc(N)c3)c(Cl)cc(=NC3CC3)n2O)cc1. The molecule has 1 amide bonds. The highest BCUT2D eigenvalue weighted by Gasteiger charge is 2.23. The zero-order valence-electron chi connectivity index (χ0n) is 18.4. The Morgan fingerprint density at radius 2 is 1.79 bits per heavy atom. The van der Waals surface area contributed by atoms with Gasteiger partial charge in [0.25, 0.3) is 0 Å². The molecule has 1 fully saturated rings. The van der Waals surface area contributed by atoms with E-state index in [2.05, 4.69) is 10.3 Å². The van der Waals surface area contributed by atoms with Crippen LogP contribution in [0.3, 0.4) is 0 Å². The molecule has 10 heteroatoms. The van der Waals surface area contributed by atoms with E-state index in [1.165, 1.54) is 0 Å². The number of carbonyl (C=O) groups is 1. The lowest BCUT2D eigenvalue weighted by Gasteiger charge is -2.17. The molecule has 0 aliphatic heterocycles. The molecule has 1 aromatic heterocycles. The number of halogens is 1. The first kappa shape index (κ1) is 23.2. The van der Waals surface area contributed by atoms with Crippen LogP contribution in [0.25, 0.3) is 11.1 Å². The molecule has 0 atom stereocenters. The summed E-state index contributed by atoms with van der Waals surface area (Å²) >= 11 is 6.62. The van der Waals surface area contributed by atoms with E-state index in [0.717, 1.165) is 23.1 Å². The van der Waals surface area contributed by atoms with E-state index in [-0.39, 0.29) is 41.9 Å². The molecule has 0 radical (unpaired) electrons. The fourth-order valence-electron chi connectivity index (χ4n) is 3.62. The van der Waals surface area contributed by atoms with Gasteiger partial charge in [-0.15, -0.1) is 0 Å². The molecule has 4 rings (SSSR count). The maximum absolute atomic E-state index is 12.9. The molecule has 9 nitrogen and oxygen atoms in total. The van der Waals surface area contributed by atoms with Gasteiger partial charge in [0.15, 0.2) is 5.49 Å². The maximum atomic E-state index is 12.9. The Morgan fingerprint density at radius 3 is 2.38 bits per heavy atom. The monoisotopic (exact) mass is 479 g/mol. The summed E-state index contributed by atoms with van der Waals surface area (Å²) in [5.74, 6) is -0.345. The van der Waals surface area contributed by atoms with Crippen LogP contribution in [0.4, 0.5) is 11.4 Å². The van der Waals surface area contributed by atoms with Crippen molar-refractivity contribution in [3.63, 3.8) is 0 Å². The average Bonchev–Trinajstić information content (AvgIpc) is 3.59. The van der Waals surface area contributed by atoms with Crippen molar-refractivity contribution < 1.29 is 10.0 Å². The molecule has 3 aromatic rings. The van der Waals surface area contributed by atoms with E-state index in [4.69, 9.17) is 34.2 Å². The molecular formula is C24H26ClN7O2. The summed E-state index contributed by atoms with van der Waals surface area (Å²) < 4.78 is 0.917. The van der Waals surface area contributed by atoms with Crippen LogP contribution in [0.2, 0.25) is 5.02 Å². The van der Waals surface area contributed by atoms with Gasteiger partial charge >= 0.3 is 0 Å². The highest BCUT2D eigenvalue weighted by atomic mass is 35.5. The molecule has 0 bridgehead atoms. The van der Waals surface area contributed by atoms with Crippen molar-refractivity contribution in [1.29, 1.82) is 5.41 Å². The highest BCUT2D eigenvalue weighted by Crippen LogP contribution is 2.33. The van der Waals surface area contributed by atoms with Gasteiger partial charge in [0.2, 0.25) is 5.91 Å². The van der Waals surface area contributed by atoms with Gasteiger partial charge in [0.05, 0.1) is 23.2 Å². The summed E-state index contributed by atoms with van der Waals surface area (Å²) in [5.41, 5.74) is 21.4. The van der Waals surface area contributed by atoms with Gasteiger partial charge in [-0.25, -0.2) is 0 Å². The molecule has 0 saturated heterocycles. The number of aromatic nitrogens is 1. The van der Waals surface area contributed by atoms with Gasteiger partial charge in [-0.3, -0.25) is 15.2 Å². The minimum atomic E-state index is -0.323. The van der Waals surface area contributed by atoms with Gasteiger partial charge in [-0.05, 0) is 42.2 Å². The van der Waals surface area contributed by atoms with Crippen molar-refractivity contribution in [2.24, 2.45) is 10.7 Å². The number of pyridine rings is 1. The van der Waals surface area contributed by atoms with Gasteiger partial charge in [-0.1, -0.05) is 35.9 Å². The molecule has 176 valence electrons. The third-order valence-corrected chi connectivity index (χ3v) is 5.76. The van der Waals surface area contributed by atoms with Gasteiger partial charge in [-0.2, -0.15) is 4.73 Å². The Balaban J connectivity index is 1.65. The Kier molecular flexibility index (Phi) is 6.47. The molecule has 1 aliphatic carbocycles. The number of amides is 1. The predicted octanol–water partition coefficient (Wildman–Crippen LogP) is 2.42. The number of nitrogens with zero attached hydrogens (tertiary/aromatic N) is 2. The quantitative estimate of drug-likeness (QED) is 0.132. The van der Waals surface area contributed by atoms with Crippen molar-refractivity contribution in [2.45, 2.75) is 31.8 Å². The summed E-state index contributed by atoms with van der Waals surface area (Å²) in [6.45, 7) is 0.267. The maximum Gasteiger partial charge on any atom is 0.226 e. The minimum Gasteiger partial charge on any atom is -0.427 e. The van der Waals surface area contributed by atoms with Gasteiger partial charge in [0, 0.05) is 35.1 Å². The zero-order valence-corrected chi connectivity index (χ0v) is 19.1. The minimum absolute atomic E-state index is 0.0221. The molecule has 0 spiro atoms. The first-order valence-electron chi connectivity index (χ1n) is 10.7. The summed E-state index contributed by atoms with van der Waals surface area (Å²) in [6.07, 6.45) is 1.74. The molecule has 1 heterocycles. The summed E-state index contributed by atoms with van der Waals surface area (Å²) in [6, 6.07) is 13.7. The average molecular weight is 480 g/mol. The van der Waals surface area contributed by atoms with E-state index in [1.54, 1.807) is 48.5 Å². The smallest absolute Gasteiger partial charge is 0.226 e. The number of amidine groups is 1. The normalized spacial score (nSPS) is 13.6. The number of benzene rings is 2. The molecule has 34 heavy (non-hydrogen) atoms. The third-order valence-electron chi connectivity index (χ3n) is 5.47. The number of nitrogens with two attached hydrogens (primary N) is 3. The van der Waals surface area contributed by atoms with Crippen LogP contribution in [-0.4, -0.2) is 27.7 Å². The number of hydrogen-bond acceptors (Lipinski definition) is 6. The van der Waals surface area contributed by atoms with Crippen LogP contribution in [0.5, 0.6) is 0 Å². The molecule has 1 saturated carbocycles. The summed E-state index contributed by atoms with van der Waals surface area (Å²) in [5, 5.41) is 21.6. The summed E-state index contributed by atoms with van der Waals surface area (Å²) in [7, 11) is 0. The third kappa shape index (κ3) is 5.32. The fourth-order valence-corrected chi connectivity index (χ4v) is 3.93. The second-order valence-electron chi connectivity index (χ2n) is 8.30. The van der Waals surface area contributed by atoms with Crippen molar-refractivity contribution >= 4 is 34.7 Å². The van der Waals surface area contributed by atoms with Crippen molar-refractivity contribution in [1.82, 2.24) is 10.0 Å². The lowest BCUT2D eigenvalue weighted by atomic mass is 10.0. The molecular weight excluding hydrogens is 454 g/mol. The van der Waals surface area contributed by atoms with Gasteiger partial charge < -0.3 is 27.7 Å². The number of rotatable bonds is 7. The van der Waals surface area contributed by atoms with E-state index < -0.39 is 0 Å². The summed E-state index contributed by atoms with van der Waals surface area (Å²) in [4.78, 5) is 17.4. The van der Waals surface area contributed by atoms with Crippen LogP contribution < -0.4 is 28.0 Å². The lowest BCUT2D eigenvalue weighted by molar-refractivity contribution is -0.120. The largest absolute Gasteiger partial charge is 0.427 e. The lowest BCUT2D eigenvalue weighted by Crippen LogP contribution is -2.30. The number of anilines is 2. The molecule has 2 aromatic carbocycles. The predicted molar refractivity (Wildman–Crippen MR) is 132 cm³/mol. The first-order valence-corrected chi connectivity index (χ1v) is 11.1. The Labute approximate surface area is 201 Å². The Hall–Kier alpha value is -3.98. The number of carbonyl (C=O) groups excluding carboxylic acids is 1. The second kappa shape index (κ2) is 9.48. The molecule has 9 N–H and O–H groups in total. The van der Waals surface area contributed by atoms with E-state index >= 15 is 0 Å². The fraction of sp³-hybridized carbons (Fsp3) is 0.208. The standard InChI is InChI=1S/C24H26ClN7O2/c25-19-10-21(31-18-5-6-18)32(34)20(23(19)15-7-16(26)9-17(27)8-15)11-22(33)30-12-13-1-3-14(4-2-13)24(28)29/h1-4,7-10,18,34H,5-6,11-12,26-27H2,(H3,28,29)(H,30,33). The molecule has 0 unspecified atom stereocenters. The van der Waals surface area contributed by atoms with Crippen LogP contribution >= 0.6 is 11.6 Å². The molecule has 1 aliphatic rings. The topological polar surface area (TPSA) is 169 Å². The number of hydrogen-bond donors (Lipinski definition) is 6. The highest BCUT2D eigenvalue weighted by molar-refractivity contribution is 6.33. The Morgan fingerprint density at radius 1 is 1.15 bits per heavy atom. The van der Waals surface area contributed by atoms with E-state index in [9.17, 15) is 10.0 Å². The van der Waals surface area contributed by atoms with Crippen LogP contribution in [0.15, 0.2) is 53.5 Å². The Bertz CT molecular complexity index is 1310. The van der Waals surface area contributed by atoms with Crippen LogP contribution in [0, 0.1) is 5.41 Å². The van der Waals surface area contributed by atoms with Crippen molar-refractivity contribution in [3.05, 3.63) is 75.9 Å². The van der Waals surface area contributed by atoms with Gasteiger partial charge in [0.1, 0.15) is 5.84 Å². The van der Waals surface area contributed by atoms with Crippen molar-refractivity contribution in [2.75, 3.05) is 11.5 Å². The van der Waals surface area contributed by atoms with E-state index in [1.807, 2.05) is 0 Å². The first-order chi connectivity index (χ1) is 16.2. The van der Waals surface area contributed by atoms with Crippen LogP contribution in [0.1, 0.15) is 29.7 Å². The number of nitrogen functional groups attached to an aromatic ring is 3. The van der Waals surface area contributed by atoms with Crippen LogP contribution in [-0.2, 0) is 17.8 Å².